The van der Waals surface area contributed by atoms with Crippen LogP contribution >= 0.6 is 0 Å². The second kappa shape index (κ2) is 6.91. The lowest BCUT2D eigenvalue weighted by Gasteiger charge is -2.17. The van der Waals surface area contributed by atoms with Gasteiger partial charge in [-0.15, -0.1) is 0 Å². The molecule has 1 aliphatic heterocycles. The Bertz CT molecular complexity index is 1060. The number of fused-ring (bicyclic) bond motifs is 1. The SMILES string of the molecule is COc1cccc([C@H]2CN(C(=O)c3c(C)nn4c(C)cc(C)nc34)C[C@@H]2N)c1. The van der Waals surface area contributed by atoms with Gasteiger partial charge in [0.05, 0.1) is 12.8 Å². The van der Waals surface area contributed by atoms with Gasteiger partial charge < -0.3 is 15.4 Å². The molecule has 3 aromatic rings. The summed E-state index contributed by atoms with van der Waals surface area (Å²) in [6.07, 6.45) is 0. The van der Waals surface area contributed by atoms with Gasteiger partial charge in [0.15, 0.2) is 5.65 Å². The average molecular weight is 379 g/mol. The van der Waals surface area contributed by atoms with E-state index in [9.17, 15) is 4.79 Å². The minimum Gasteiger partial charge on any atom is -0.497 e. The molecule has 0 bridgehead atoms. The summed E-state index contributed by atoms with van der Waals surface area (Å²) in [6, 6.07) is 9.72. The van der Waals surface area contributed by atoms with E-state index in [4.69, 9.17) is 10.5 Å². The predicted molar refractivity (Wildman–Crippen MR) is 107 cm³/mol. The summed E-state index contributed by atoms with van der Waals surface area (Å²) in [4.78, 5) is 19.8. The number of nitrogens with zero attached hydrogens (tertiary/aromatic N) is 4. The maximum absolute atomic E-state index is 13.4. The molecule has 2 atom stereocenters. The van der Waals surface area contributed by atoms with Gasteiger partial charge in [0.25, 0.3) is 5.91 Å². The molecule has 4 rings (SSSR count). The molecule has 3 heterocycles. The molecule has 28 heavy (non-hydrogen) atoms. The van der Waals surface area contributed by atoms with Crippen LogP contribution in [0.3, 0.4) is 0 Å². The summed E-state index contributed by atoms with van der Waals surface area (Å²) >= 11 is 0. The van der Waals surface area contributed by atoms with Crippen LogP contribution in [0.2, 0.25) is 0 Å². The molecule has 0 radical (unpaired) electrons. The summed E-state index contributed by atoms with van der Waals surface area (Å²) in [5, 5.41) is 4.52. The molecule has 1 fully saturated rings. The van der Waals surface area contributed by atoms with Crippen molar-refractivity contribution in [2.24, 2.45) is 5.73 Å². The van der Waals surface area contributed by atoms with Gasteiger partial charge in [-0.2, -0.15) is 5.10 Å². The van der Waals surface area contributed by atoms with Crippen molar-refractivity contribution in [3.05, 3.63) is 58.5 Å². The molecule has 7 heteroatoms. The zero-order chi connectivity index (χ0) is 20.0. The normalized spacial score (nSPS) is 19.4. The lowest BCUT2D eigenvalue weighted by Crippen LogP contribution is -2.32. The van der Waals surface area contributed by atoms with Crippen LogP contribution in [0, 0.1) is 20.8 Å². The molecule has 2 aromatic heterocycles. The molecule has 2 N–H and O–H groups in total. The zero-order valence-corrected chi connectivity index (χ0v) is 16.6. The van der Waals surface area contributed by atoms with Crippen LogP contribution < -0.4 is 10.5 Å². The number of rotatable bonds is 3. The van der Waals surface area contributed by atoms with Gasteiger partial charge in [-0.05, 0) is 44.5 Å². The monoisotopic (exact) mass is 379 g/mol. The lowest BCUT2D eigenvalue weighted by atomic mass is 9.95. The Labute approximate surface area is 164 Å². The molecule has 1 aromatic carbocycles. The second-order valence-electron chi connectivity index (χ2n) is 7.49. The van der Waals surface area contributed by atoms with E-state index in [1.165, 1.54) is 0 Å². The highest BCUT2D eigenvalue weighted by molar-refractivity contribution is 6.01. The fraction of sp³-hybridized carbons (Fsp3) is 0.381. The van der Waals surface area contributed by atoms with E-state index in [-0.39, 0.29) is 17.9 Å². The second-order valence-corrected chi connectivity index (χ2v) is 7.49. The molecule has 1 saturated heterocycles. The van der Waals surface area contributed by atoms with Crippen molar-refractivity contribution in [1.29, 1.82) is 0 Å². The first kappa shape index (κ1) is 18.4. The van der Waals surface area contributed by atoms with Crippen molar-refractivity contribution < 1.29 is 9.53 Å². The third-order valence-electron chi connectivity index (χ3n) is 5.46. The zero-order valence-electron chi connectivity index (χ0n) is 16.6. The van der Waals surface area contributed by atoms with Crippen LogP contribution in [0.15, 0.2) is 30.3 Å². The highest BCUT2D eigenvalue weighted by atomic mass is 16.5. The van der Waals surface area contributed by atoms with E-state index < -0.39 is 0 Å². The number of ether oxygens (including phenoxy) is 1. The van der Waals surface area contributed by atoms with Gasteiger partial charge in [-0.1, -0.05) is 12.1 Å². The van der Waals surface area contributed by atoms with Crippen LogP contribution in [-0.2, 0) is 0 Å². The van der Waals surface area contributed by atoms with Crippen LogP contribution in [0.5, 0.6) is 5.75 Å². The van der Waals surface area contributed by atoms with E-state index in [1.807, 2.05) is 56.0 Å². The maximum atomic E-state index is 13.4. The lowest BCUT2D eigenvalue weighted by molar-refractivity contribution is 0.0790. The number of hydrogen-bond donors (Lipinski definition) is 1. The minimum absolute atomic E-state index is 0.0640. The van der Waals surface area contributed by atoms with Crippen LogP contribution in [-0.4, -0.2) is 51.6 Å². The molecule has 1 aliphatic rings. The summed E-state index contributed by atoms with van der Waals surface area (Å²) in [6.45, 7) is 6.81. The van der Waals surface area contributed by atoms with Crippen molar-refractivity contribution in [3.8, 4) is 5.75 Å². The van der Waals surface area contributed by atoms with E-state index >= 15 is 0 Å². The number of benzene rings is 1. The Kier molecular flexibility index (Phi) is 4.55. The summed E-state index contributed by atoms with van der Waals surface area (Å²) in [5.74, 6) is 0.798. The first-order valence-electron chi connectivity index (χ1n) is 9.41. The number of nitrogens with two attached hydrogens (primary N) is 1. The van der Waals surface area contributed by atoms with E-state index in [0.717, 1.165) is 22.7 Å². The fourth-order valence-corrected chi connectivity index (χ4v) is 4.06. The maximum Gasteiger partial charge on any atom is 0.259 e. The topological polar surface area (TPSA) is 85.8 Å². The van der Waals surface area contributed by atoms with Crippen molar-refractivity contribution in [2.75, 3.05) is 20.2 Å². The van der Waals surface area contributed by atoms with Crippen molar-refractivity contribution in [2.45, 2.75) is 32.7 Å². The Balaban J connectivity index is 1.66. The van der Waals surface area contributed by atoms with Gasteiger partial charge in [-0.25, -0.2) is 9.50 Å². The first-order valence-corrected chi connectivity index (χ1v) is 9.41. The number of hydrogen-bond acceptors (Lipinski definition) is 5. The van der Waals surface area contributed by atoms with Gasteiger partial charge in [0.1, 0.15) is 11.3 Å². The fourth-order valence-electron chi connectivity index (χ4n) is 4.06. The molecule has 1 amide bonds. The molecule has 7 nitrogen and oxygen atoms in total. The van der Waals surface area contributed by atoms with Gasteiger partial charge in [0, 0.05) is 36.4 Å². The Morgan fingerprint density at radius 3 is 2.75 bits per heavy atom. The Hall–Kier alpha value is -2.93. The third kappa shape index (κ3) is 3.01. The van der Waals surface area contributed by atoms with Crippen LogP contribution in [0.4, 0.5) is 0 Å². The van der Waals surface area contributed by atoms with Gasteiger partial charge in [0.2, 0.25) is 0 Å². The van der Waals surface area contributed by atoms with Crippen LogP contribution in [0.1, 0.15) is 38.9 Å². The summed E-state index contributed by atoms with van der Waals surface area (Å²) in [7, 11) is 1.65. The summed E-state index contributed by atoms with van der Waals surface area (Å²) < 4.78 is 7.07. The molecule has 0 aliphatic carbocycles. The van der Waals surface area contributed by atoms with Crippen LogP contribution in [0.25, 0.3) is 5.65 Å². The third-order valence-corrected chi connectivity index (χ3v) is 5.46. The number of carbonyl (C=O) groups excluding carboxylic acids is 1. The highest BCUT2D eigenvalue weighted by Gasteiger charge is 2.36. The van der Waals surface area contributed by atoms with Gasteiger partial charge in [-0.3, -0.25) is 4.79 Å². The number of methoxy groups -OCH3 is 1. The average Bonchev–Trinajstić information content (AvgIpc) is 3.21. The molecular weight excluding hydrogens is 354 g/mol. The van der Waals surface area contributed by atoms with E-state index in [2.05, 4.69) is 10.1 Å². The molecule has 0 saturated carbocycles. The predicted octanol–water partition coefficient (Wildman–Crippen LogP) is 2.23. The molecule has 0 spiro atoms. The van der Waals surface area contributed by atoms with E-state index in [0.29, 0.717) is 30.0 Å². The minimum atomic E-state index is -0.130. The van der Waals surface area contributed by atoms with Crippen molar-refractivity contribution >= 4 is 11.6 Å². The molecular formula is C21H25N5O2. The number of likely N-dealkylation sites (tertiary alicyclic amines) is 1. The van der Waals surface area contributed by atoms with E-state index in [1.54, 1.807) is 11.6 Å². The standard InChI is InChI=1S/C21H25N5O2/c1-12-8-13(2)26-20(23-12)19(14(3)24-26)21(27)25-10-17(18(22)11-25)15-6-5-7-16(9-15)28-4/h5-9,17-18H,10-11,22H2,1-4H3/t17-,18+/m1/s1. The van der Waals surface area contributed by atoms with Crippen molar-refractivity contribution in [1.82, 2.24) is 19.5 Å². The largest absolute Gasteiger partial charge is 0.497 e. The first-order chi connectivity index (χ1) is 13.4. The molecule has 146 valence electrons. The summed E-state index contributed by atoms with van der Waals surface area (Å²) in [5.41, 5.74) is 11.2. The number of amides is 1. The Morgan fingerprint density at radius 2 is 2.00 bits per heavy atom. The van der Waals surface area contributed by atoms with Gasteiger partial charge >= 0.3 is 0 Å². The quantitative estimate of drug-likeness (QED) is 0.754. The number of carbonyl (C=O) groups is 1. The number of aromatic nitrogens is 3. The number of aryl methyl sites for hydroxylation is 3. The Morgan fingerprint density at radius 1 is 1.21 bits per heavy atom. The molecule has 0 unspecified atom stereocenters. The smallest absolute Gasteiger partial charge is 0.259 e. The van der Waals surface area contributed by atoms with Crippen molar-refractivity contribution in [3.63, 3.8) is 0 Å². The highest BCUT2D eigenvalue weighted by Crippen LogP contribution is 2.30.